The minimum absolute atomic E-state index is 0.175. The third kappa shape index (κ3) is 10.2. The van der Waals surface area contributed by atoms with Gasteiger partial charge in [0.05, 0.1) is 43.5 Å². The number of hydrogen-bond donors (Lipinski definition) is 0. The summed E-state index contributed by atoms with van der Waals surface area (Å²) in [6, 6.07) is 6.66. The molecule has 3 aromatic rings. The molecule has 0 aliphatic rings. The maximum atomic E-state index is 15.5. The van der Waals surface area contributed by atoms with Crippen LogP contribution >= 0.6 is 34.8 Å². The van der Waals surface area contributed by atoms with E-state index in [0.717, 1.165) is 31.4 Å². The van der Waals surface area contributed by atoms with Crippen LogP contribution in [-0.4, -0.2) is 58.7 Å². The second-order valence-corrected chi connectivity index (χ2v) is 12.0. The number of nitrogens with zero attached hydrogens (tertiary/aromatic N) is 1. The van der Waals surface area contributed by atoms with Crippen molar-refractivity contribution in [2.24, 2.45) is 5.16 Å². The van der Waals surface area contributed by atoms with Gasteiger partial charge in [-0.2, -0.15) is 34.8 Å². The van der Waals surface area contributed by atoms with Gasteiger partial charge in [-0.05, 0) is 60.7 Å². The third-order valence-corrected chi connectivity index (χ3v) is 8.52. The lowest BCUT2D eigenvalue weighted by Gasteiger charge is -2.27. The molecule has 0 bridgehead atoms. The van der Waals surface area contributed by atoms with Crippen molar-refractivity contribution >= 4 is 63.1 Å². The first-order valence-electron chi connectivity index (χ1n) is 12.8. The van der Waals surface area contributed by atoms with E-state index in [1.54, 1.807) is 0 Å². The highest BCUT2D eigenvalue weighted by molar-refractivity contribution is 7.87. The first-order chi connectivity index (χ1) is 22.2. The molecule has 0 N–H and O–H groups in total. The standard InChI is InChI=1S/C28H19Cl3F7NO8S/c1-44-39-12-21(32)24(46-26(41)15-4-8-17(9-5-15)28(36,37)38)22(47-48(42,43)23-11-19(30)18(29)10-20(23)31)13-45-25(40)14-2-6-16(7-3-14)27(33,34)35/h2-12,21-22,24H,13H2,1H3. The topological polar surface area (TPSA) is 118 Å². The molecule has 48 heavy (non-hydrogen) atoms. The summed E-state index contributed by atoms with van der Waals surface area (Å²) >= 11 is 17.7. The molecule has 0 fully saturated rings. The van der Waals surface area contributed by atoms with E-state index in [0.29, 0.717) is 42.6 Å². The zero-order chi connectivity index (χ0) is 36.0. The van der Waals surface area contributed by atoms with Gasteiger partial charge in [-0.1, -0.05) is 40.0 Å². The number of carbonyl (C=O) groups is 2. The number of alkyl halides is 7. The summed E-state index contributed by atoms with van der Waals surface area (Å²) in [6.45, 7) is -1.26. The normalized spacial score (nSPS) is 14.3. The predicted octanol–water partition coefficient (Wildman–Crippen LogP) is 7.81. The molecule has 3 rings (SSSR count). The zero-order valence-electron chi connectivity index (χ0n) is 23.7. The Morgan fingerprint density at radius 2 is 1.29 bits per heavy atom. The minimum Gasteiger partial charge on any atom is -0.459 e. The summed E-state index contributed by atoms with van der Waals surface area (Å²) in [5.74, 6) is -2.84. The number of ether oxygens (including phenoxy) is 2. The van der Waals surface area contributed by atoms with Crippen molar-refractivity contribution < 1.29 is 67.2 Å². The van der Waals surface area contributed by atoms with Crippen LogP contribution in [0.3, 0.4) is 0 Å². The largest absolute Gasteiger partial charge is 0.459 e. The van der Waals surface area contributed by atoms with E-state index in [-0.39, 0.29) is 10.0 Å². The van der Waals surface area contributed by atoms with E-state index in [1.807, 2.05) is 0 Å². The number of hydrogen-bond acceptors (Lipinski definition) is 9. The molecular formula is C28H19Cl3F7NO8S. The fourth-order valence-electron chi connectivity index (χ4n) is 3.66. The van der Waals surface area contributed by atoms with Crippen molar-refractivity contribution in [1.82, 2.24) is 0 Å². The van der Waals surface area contributed by atoms with Crippen LogP contribution in [0.25, 0.3) is 0 Å². The molecule has 0 aliphatic heterocycles. The van der Waals surface area contributed by atoms with Gasteiger partial charge < -0.3 is 14.3 Å². The lowest BCUT2D eigenvalue weighted by Crippen LogP contribution is -2.45. The molecule has 0 spiro atoms. The van der Waals surface area contributed by atoms with Gasteiger partial charge in [0.2, 0.25) is 0 Å². The van der Waals surface area contributed by atoms with Gasteiger partial charge in [-0.3, -0.25) is 4.18 Å². The molecule has 0 saturated carbocycles. The van der Waals surface area contributed by atoms with Crippen LogP contribution in [0.5, 0.6) is 0 Å². The Morgan fingerprint density at radius 1 is 0.812 bits per heavy atom. The summed E-state index contributed by atoms with van der Waals surface area (Å²) in [5.41, 5.74) is -3.28. The van der Waals surface area contributed by atoms with Crippen LogP contribution in [0.2, 0.25) is 15.1 Å². The van der Waals surface area contributed by atoms with Crippen LogP contribution in [0.1, 0.15) is 31.8 Å². The Hall–Kier alpha value is -3.64. The summed E-state index contributed by atoms with van der Waals surface area (Å²) in [6.07, 6.45) is -16.5. The Bertz CT molecular complexity index is 1750. The van der Waals surface area contributed by atoms with E-state index in [4.69, 9.17) is 48.5 Å². The molecule has 0 saturated heterocycles. The van der Waals surface area contributed by atoms with Crippen molar-refractivity contribution in [1.29, 1.82) is 0 Å². The minimum atomic E-state index is -5.14. The van der Waals surface area contributed by atoms with Gasteiger partial charge in [-0.15, -0.1) is 0 Å². The molecule has 9 nitrogen and oxygen atoms in total. The smallest absolute Gasteiger partial charge is 0.416 e. The quantitative estimate of drug-likeness (QED) is 0.0458. The molecule has 3 unspecified atom stereocenters. The number of esters is 2. The third-order valence-electron chi connectivity index (χ3n) is 6.00. The van der Waals surface area contributed by atoms with Gasteiger partial charge in [0.15, 0.2) is 18.4 Å². The molecule has 0 amide bonds. The average molecular weight is 769 g/mol. The van der Waals surface area contributed by atoms with Gasteiger partial charge in [-0.25, -0.2) is 14.0 Å². The van der Waals surface area contributed by atoms with Gasteiger partial charge >= 0.3 is 24.3 Å². The van der Waals surface area contributed by atoms with Gasteiger partial charge in [0.25, 0.3) is 10.1 Å². The first-order valence-corrected chi connectivity index (χ1v) is 15.3. The van der Waals surface area contributed by atoms with Crippen molar-refractivity contribution in [3.8, 4) is 0 Å². The summed E-state index contributed by atoms with van der Waals surface area (Å²) in [5, 5.41) is 2.14. The van der Waals surface area contributed by atoms with Crippen molar-refractivity contribution in [2.75, 3.05) is 13.7 Å². The summed E-state index contributed by atoms with van der Waals surface area (Å²) < 4.78 is 135. The first kappa shape index (κ1) is 38.8. The van der Waals surface area contributed by atoms with Crippen molar-refractivity contribution in [2.45, 2.75) is 35.6 Å². The highest BCUT2D eigenvalue weighted by Gasteiger charge is 2.40. The molecular weight excluding hydrogens is 750 g/mol. The molecule has 20 heteroatoms. The molecule has 0 aromatic heterocycles. The van der Waals surface area contributed by atoms with E-state index in [1.165, 1.54) is 0 Å². The zero-order valence-corrected chi connectivity index (χ0v) is 26.8. The Balaban J connectivity index is 2.03. The second kappa shape index (κ2) is 15.7. The maximum Gasteiger partial charge on any atom is 0.416 e. The van der Waals surface area contributed by atoms with E-state index < -0.39 is 91.6 Å². The molecule has 0 radical (unpaired) electrons. The van der Waals surface area contributed by atoms with Crippen LogP contribution in [0, 0.1) is 0 Å². The Morgan fingerprint density at radius 3 is 1.77 bits per heavy atom. The summed E-state index contributed by atoms with van der Waals surface area (Å²) in [7, 11) is -4.15. The highest BCUT2D eigenvalue weighted by atomic mass is 35.5. The fourth-order valence-corrected chi connectivity index (χ4v) is 5.71. The van der Waals surface area contributed by atoms with Crippen LogP contribution < -0.4 is 0 Å². The van der Waals surface area contributed by atoms with Crippen LogP contribution in [0.4, 0.5) is 30.7 Å². The van der Waals surface area contributed by atoms with Crippen molar-refractivity contribution in [3.63, 3.8) is 0 Å². The molecule has 260 valence electrons. The predicted molar refractivity (Wildman–Crippen MR) is 156 cm³/mol. The lowest BCUT2D eigenvalue weighted by molar-refractivity contribution is -0.138. The summed E-state index contributed by atoms with van der Waals surface area (Å²) in [4.78, 5) is 29.2. The molecule has 0 heterocycles. The van der Waals surface area contributed by atoms with Crippen molar-refractivity contribution in [3.05, 3.63) is 98.0 Å². The van der Waals surface area contributed by atoms with E-state index >= 15 is 4.39 Å². The average Bonchev–Trinajstić information content (AvgIpc) is 3.01. The van der Waals surface area contributed by atoms with Gasteiger partial charge in [0, 0.05) is 0 Å². The molecule has 3 aromatic carbocycles. The second-order valence-electron chi connectivity index (χ2n) is 9.29. The number of rotatable bonds is 12. The molecule has 3 atom stereocenters. The number of benzene rings is 3. The lowest BCUT2D eigenvalue weighted by atomic mass is 10.1. The highest BCUT2D eigenvalue weighted by Crippen LogP contribution is 2.34. The van der Waals surface area contributed by atoms with Gasteiger partial charge in [0.1, 0.15) is 18.6 Å². The maximum absolute atomic E-state index is 15.5. The SMILES string of the molecule is CON=CC(F)C(OC(=O)c1ccc(C(F)(F)F)cc1)C(COC(=O)c1ccc(C(F)(F)F)cc1)OS(=O)(=O)c1cc(Cl)c(Cl)cc1Cl. The Kier molecular flexibility index (Phi) is 12.7. The number of oxime groups is 1. The van der Waals surface area contributed by atoms with Crippen LogP contribution in [0.15, 0.2) is 70.7 Å². The monoisotopic (exact) mass is 767 g/mol. The number of carbonyl (C=O) groups excluding carboxylic acids is 2. The Labute approximate surface area is 282 Å². The number of halogens is 10. The van der Waals surface area contributed by atoms with E-state index in [2.05, 4.69) is 9.99 Å². The molecule has 0 aliphatic carbocycles. The van der Waals surface area contributed by atoms with Crippen LogP contribution in [-0.2, 0) is 41.0 Å². The fraction of sp³-hybridized carbons (Fsp3) is 0.250. The van der Waals surface area contributed by atoms with E-state index in [9.17, 15) is 44.3 Å².